The van der Waals surface area contributed by atoms with Gasteiger partial charge in [0.15, 0.2) is 5.13 Å². The Morgan fingerprint density at radius 2 is 1.60 bits per heavy atom. The molecule has 226 valence electrons. The van der Waals surface area contributed by atoms with Crippen molar-refractivity contribution in [3.05, 3.63) is 137 Å². The van der Waals surface area contributed by atoms with Crippen molar-refractivity contribution >= 4 is 57.7 Å². The van der Waals surface area contributed by atoms with E-state index in [2.05, 4.69) is 20.9 Å². The molecule has 1 heterocycles. The highest BCUT2D eigenvalue weighted by atomic mass is 32.2. The van der Waals surface area contributed by atoms with Crippen molar-refractivity contribution < 1.29 is 23.2 Å². The third kappa shape index (κ3) is 8.49. The number of hydrogen-bond donors (Lipinski definition) is 3. The van der Waals surface area contributed by atoms with E-state index in [0.717, 1.165) is 5.56 Å². The molecule has 5 rings (SSSR count). The second-order valence-electron chi connectivity index (χ2n) is 9.68. The molecule has 0 fully saturated rings. The highest BCUT2D eigenvalue weighted by molar-refractivity contribution is 8.00. The zero-order valence-electron chi connectivity index (χ0n) is 23.8. The SMILES string of the molecule is CC(Sc1cccc(NC(=O)/C(=C/c2ccccc2F)NC(=O)c2ccccc2)c1)C(=O)Nc1nc(-c2ccc(F)cc2)cs1. The van der Waals surface area contributed by atoms with Crippen molar-refractivity contribution in [2.75, 3.05) is 10.6 Å². The zero-order chi connectivity index (χ0) is 31.8. The molecular formula is C34H26F2N4O3S2. The summed E-state index contributed by atoms with van der Waals surface area (Å²) in [6.07, 6.45) is 1.27. The van der Waals surface area contributed by atoms with E-state index >= 15 is 0 Å². The van der Waals surface area contributed by atoms with Crippen LogP contribution in [0.2, 0.25) is 0 Å². The third-order valence-corrected chi connectivity index (χ3v) is 8.23. The van der Waals surface area contributed by atoms with Gasteiger partial charge in [-0.1, -0.05) is 42.5 Å². The minimum Gasteiger partial charge on any atom is -0.321 e. The minimum absolute atomic E-state index is 0.130. The van der Waals surface area contributed by atoms with Gasteiger partial charge < -0.3 is 16.0 Å². The fraction of sp³-hybridized carbons (Fsp3) is 0.0588. The summed E-state index contributed by atoms with van der Waals surface area (Å²) in [6.45, 7) is 1.74. The lowest BCUT2D eigenvalue weighted by molar-refractivity contribution is -0.115. The summed E-state index contributed by atoms with van der Waals surface area (Å²) in [7, 11) is 0. The highest BCUT2D eigenvalue weighted by Gasteiger charge is 2.19. The molecule has 45 heavy (non-hydrogen) atoms. The zero-order valence-corrected chi connectivity index (χ0v) is 25.4. The van der Waals surface area contributed by atoms with Crippen LogP contribution in [0.15, 0.2) is 119 Å². The van der Waals surface area contributed by atoms with E-state index < -0.39 is 22.9 Å². The molecule has 0 aliphatic heterocycles. The van der Waals surface area contributed by atoms with Gasteiger partial charge in [0.05, 0.1) is 10.9 Å². The first-order valence-electron chi connectivity index (χ1n) is 13.7. The summed E-state index contributed by atoms with van der Waals surface area (Å²) >= 11 is 2.54. The van der Waals surface area contributed by atoms with E-state index in [0.29, 0.717) is 27.0 Å². The number of benzene rings is 4. The van der Waals surface area contributed by atoms with Crippen molar-refractivity contribution in [2.24, 2.45) is 0 Å². The molecule has 0 saturated carbocycles. The van der Waals surface area contributed by atoms with Gasteiger partial charge in [0.2, 0.25) is 5.91 Å². The van der Waals surface area contributed by atoms with Crippen molar-refractivity contribution in [1.82, 2.24) is 10.3 Å². The van der Waals surface area contributed by atoms with Crippen LogP contribution in [0.1, 0.15) is 22.8 Å². The smallest absolute Gasteiger partial charge is 0.272 e. The number of amides is 3. The molecule has 0 aliphatic rings. The van der Waals surface area contributed by atoms with Gasteiger partial charge in [-0.25, -0.2) is 13.8 Å². The molecule has 4 aromatic carbocycles. The number of nitrogens with zero attached hydrogens (tertiary/aromatic N) is 1. The lowest BCUT2D eigenvalue weighted by Crippen LogP contribution is -2.30. The molecule has 1 atom stereocenters. The molecule has 0 radical (unpaired) electrons. The average molecular weight is 641 g/mol. The minimum atomic E-state index is -0.656. The normalized spacial score (nSPS) is 11.8. The Morgan fingerprint density at radius 3 is 2.36 bits per heavy atom. The van der Waals surface area contributed by atoms with Gasteiger partial charge in [0.25, 0.3) is 11.8 Å². The van der Waals surface area contributed by atoms with Gasteiger partial charge >= 0.3 is 0 Å². The largest absolute Gasteiger partial charge is 0.321 e. The molecule has 11 heteroatoms. The number of carbonyl (C=O) groups excluding carboxylic acids is 3. The van der Waals surface area contributed by atoms with Crippen LogP contribution in [0, 0.1) is 11.6 Å². The number of carbonyl (C=O) groups is 3. The fourth-order valence-corrected chi connectivity index (χ4v) is 5.73. The molecule has 7 nitrogen and oxygen atoms in total. The second-order valence-corrected chi connectivity index (χ2v) is 11.9. The number of hydrogen-bond acceptors (Lipinski definition) is 6. The molecular weight excluding hydrogens is 615 g/mol. The van der Waals surface area contributed by atoms with E-state index in [1.807, 2.05) is 0 Å². The van der Waals surface area contributed by atoms with Crippen LogP contribution >= 0.6 is 23.1 Å². The van der Waals surface area contributed by atoms with E-state index in [4.69, 9.17) is 0 Å². The Morgan fingerprint density at radius 1 is 0.867 bits per heavy atom. The topological polar surface area (TPSA) is 100 Å². The van der Waals surface area contributed by atoms with E-state index in [1.54, 1.807) is 85.1 Å². The van der Waals surface area contributed by atoms with E-state index in [-0.39, 0.29) is 23.0 Å². The maximum Gasteiger partial charge on any atom is 0.272 e. The average Bonchev–Trinajstić information content (AvgIpc) is 3.51. The fourth-order valence-electron chi connectivity index (χ4n) is 4.08. The van der Waals surface area contributed by atoms with Crippen LogP contribution in [-0.2, 0) is 9.59 Å². The Bertz CT molecular complexity index is 1860. The monoisotopic (exact) mass is 640 g/mol. The quantitative estimate of drug-likeness (QED) is 0.108. The highest BCUT2D eigenvalue weighted by Crippen LogP contribution is 2.29. The van der Waals surface area contributed by atoms with E-state index in [1.165, 1.54) is 59.5 Å². The van der Waals surface area contributed by atoms with Gasteiger partial charge in [-0.15, -0.1) is 23.1 Å². The summed E-state index contributed by atoms with van der Waals surface area (Å²) in [5.74, 6) is -2.34. The van der Waals surface area contributed by atoms with Crippen LogP contribution in [-0.4, -0.2) is 28.0 Å². The van der Waals surface area contributed by atoms with Crippen molar-refractivity contribution in [3.63, 3.8) is 0 Å². The molecule has 3 N–H and O–H groups in total. The van der Waals surface area contributed by atoms with Gasteiger partial charge in [-0.2, -0.15) is 0 Å². The second kappa shape index (κ2) is 14.6. The third-order valence-electron chi connectivity index (χ3n) is 6.38. The van der Waals surface area contributed by atoms with Crippen LogP contribution in [0.4, 0.5) is 19.6 Å². The summed E-state index contributed by atoms with van der Waals surface area (Å²) in [5.41, 5.74) is 2.09. The Labute approximate surface area is 266 Å². The number of thioether (sulfide) groups is 1. The van der Waals surface area contributed by atoms with Crippen molar-refractivity contribution in [2.45, 2.75) is 17.1 Å². The van der Waals surface area contributed by atoms with Crippen molar-refractivity contribution in [1.29, 1.82) is 0 Å². The molecule has 0 spiro atoms. The number of thiazole rings is 1. The maximum atomic E-state index is 14.4. The molecule has 0 bridgehead atoms. The summed E-state index contributed by atoms with van der Waals surface area (Å²) in [6, 6.07) is 27.1. The molecule has 1 aromatic heterocycles. The number of halogens is 2. The lowest BCUT2D eigenvalue weighted by Gasteiger charge is -2.14. The summed E-state index contributed by atoms with van der Waals surface area (Å²) < 4.78 is 27.7. The van der Waals surface area contributed by atoms with Gasteiger partial charge in [-0.05, 0) is 73.7 Å². The van der Waals surface area contributed by atoms with Crippen LogP contribution in [0.25, 0.3) is 17.3 Å². The van der Waals surface area contributed by atoms with Gasteiger partial charge in [0, 0.05) is 32.7 Å². The number of rotatable bonds is 10. The molecule has 1 unspecified atom stereocenters. The lowest BCUT2D eigenvalue weighted by atomic mass is 10.1. The molecule has 0 saturated heterocycles. The predicted octanol–water partition coefficient (Wildman–Crippen LogP) is 7.62. The van der Waals surface area contributed by atoms with Crippen LogP contribution < -0.4 is 16.0 Å². The summed E-state index contributed by atoms with van der Waals surface area (Å²) in [5, 5.41) is 9.84. The number of aromatic nitrogens is 1. The Balaban J connectivity index is 1.25. The predicted molar refractivity (Wildman–Crippen MR) is 175 cm³/mol. The first-order valence-corrected chi connectivity index (χ1v) is 15.4. The Kier molecular flexibility index (Phi) is 10.1. The molecule has 0 aliphatic carbocycles. The van der Waals surface area contributed by atoms with E-state index in [9.17, 15) is 23.2 Å². The number of nitrogens with one attached hydrogen (secondary N) is 3. The first kappa shape index (κ1) is 31.3. The first-order chi connectivity index (χ1) is 21.7. The molecule has 5 aromatic rings. The standard InChI is InChI=1S/C34H26F2N4O3S2/c1-21(31(41)40-34-39-30(20-44-34)22-14-16-25(35)17-15-22)45-27-12-7-11-26(19-27)37-33(43)29(18-24-10-5-6-13-28(24)36)38-32(42)23-8-3-2-4-9-23/h2-21H,1H3,(H,37,43)(H,38,42)(H,39,40,41)/b29-18-. The van der Waals surface area contributed by atoms with Gasteiger partial charge in [0.1, 0.15) is 17.3 Å². The van der Waals surface area contributed by atoms with Crippen molar-refractivity contribution in [3.8, 4) is 11.3 Å². The van der Waals surface area contributed by atoms with Gasteiger partial charge in [-0.3, -0.25) is 14.4 Å². The summed E-state index contributed by atoms with van der Waals surface area (Å²) in [4.78, 5) is 44.3. The maximum absolute atomic E-state index is 14.4. The van der Waals surface area contributed by atoms with Crippen LogP contribution in [0.5, 0.6) is 0 Å². The van der Waals surface area contributed by atoms with Crippen LogP contribution in [0.3, 0.4) is 0 Å². The Hall–Kier alpha value is -5.13. The number of anilines is 2. The molecule has 3 amide bonds.